The minimum atomic E-state index is -4.43. The smallest absolute Gasteiger partial charge is 0.326 e. The summed E-state index contributed by atoms with van der Waals surface area (Å²) in [5, 5.41) is 10.9. The number of nitrogens with zero attached hydrogens (tertiary/aromatic N) is 2. The Labute approximate surface area is 169 Å². The molecule has 0 atom stereocenters. The Balaban J connectivity index is 2.67. The fraction of sp³-hybridized carbons (Fsp3) is 0.133. The first-order valence-electron chi connectivity index (χ1n) is 7.06. The molecule has 2 aromatic rings. The number of non-ortho nitro benzene ring substituents is 1. The molecule has 0 unspecified atom stereocenters. The van der Waals surface area contributed by atoms with E-state index in [4.69, 9.17) is 34.8 Å². The second kappa shape index (κ2) is 8.30. The fourth-order valence-corrected chi connectivity index (χ4v) is 4.22. The molecule has 2 rings (SSSR count). The second-order valence-electron chi connectivity index (χ2n) is 5.06. The summed E-state index contributed by atoms with van der Waals surface area (Å²) in [6, 6.07) is 6.74. The number of anilines is 1. The lowest BCUT2D eigenvalue weighted by molar-refractivity contribution is -0.385. The summed E-state index contributed by atoms with van der Waals surface area (Å²) < 4.78 is 31.3. The summed E-state index contributed by atoms with van der Waals surface area (Å²) in [5.74, 6) is -0.883. The first-order valence-corrected chi connectivity index (χ1v) is 9.64. The molecule has 0 aromatic heterocycles. The normalized spacial score (nSPS) is 11.1. The maximum atomic E-state index is 13.1. The number of sulfonamides is 1. The molecule has 27 heavy (non-hydrogen) atoms. The van der Waals surface area contributed by atoms with E-state index in [-0.39, 0.29) is 20.8 Å². The van der Waals surface area contributed by atoms with Gasteiger partial charge in [-0.05, 0) is 18.2 Å². The van der Waals surface area contributed by atoms with E-state index in [1.807, 2.05) is 0 Å². The summed E-state index contributed by atoms with van der Waals surface area (Å²) in [7, 11) is -3.35. The van der Waals surface area contributed by atoms with Crippen LogP contribution in [0.25, 0.3) is 0 Å². The van der Waals surface area contributed by atoms with E-state index in [1.165, 1.54) is 18.2 Å². The standard InChI is InChI=1S/C15H11Cl3N2O6S/c1-26-15(21)8-19(14-7-12(17)11(16)6-13(14)18)27(24,25)10-4-2-3-9(5-10)20(22)23/h2-7H,8H2,1H3. The molecule has 0 aliphatic carbocycles. The quantitative estimate of drug-likeness (QED) is 0.284. The molecule has 0 aliphatic rings. The Morgan fingerprint density at radius 1 is 1.15 bits per heavy atom. The average molecular weight is 454 g/mol. The van der Waals surface area contributed by atoms with Crippen LogP contribution in [0.15, 0.2) is 41.3 Å². The molecule has 2 aromatic carbocycles. The van der Waals surface area contributed by atoms with Gasteiger partial charge >= 0.3 is 5.97 Å². The van der Waals surface area contributed by atoms with Gasteiger partial charge < -0.3 is 4.74 Å². The zero-order chi connectivity index (χ0) is 20.4. The zero-order valence-electron chi connectivity index (χ0n) is 13.6. The number of benzene rings is 2. The molecule has 144 valence electrons. The maximum absolute atomic E-state index is 13.1. The van der Waals surface area contributed by atoms with Crippen LogP contribution in [-0.4, -0.2) is 33.0 Å². The SMILES string of the molecule is COC(=O)CN(c1cc(Cl)c(Cl)cc1Cl)S(=O)(=O)c1cccc([N+](=O)[O-])c1. The van der Waals surface area contributed by atoms with E-state index in [9.17, 15) is 23.3 Å². The first-order chi connectivity index (χ1) is 12.6. The van der Waals surface area contributed by atoms with Gasteiger partial charge in [0.05, 0.1) is 37.7 Å². The van der Waals surface area contributed by atoms with Gasteiger partial charge in [-0.2, -0.15) is 0 Å². The molecular formula is C15H11Cl3N2O6S. The molecule has 0 saturated heterocycles. The van der Waals surface area contributed by atoms with E-state index in [2.05, 4.69) is 4.74 Å². The van der Waals surface area contributed by atoms with Crippen LogP contribution in [0.1, 0.15) is 0 Å². The van der Waals surface area contributed by atoms with Crippen molar-refractivity contribution in [1.82, 2.24) is 0 Å². The van der Waals surface area contributed by atoms with Crippen LogP contribution in [0.5, 0.6) is 0 Å². The predicted molar refractivity (Wildman–Crippen MR) is 101 cm³/mol. The van der Waals surface area contributed by atoms with Crippen LogP contribution < -0.4 is 4.31 Å². The van der Waals surface area contributed by atoms with Crippen LogP contribution in [0.2, 0.25) is 15.1 Å². The number of hydrogen-bond acceptors (Lipinski definition) is 6. The summed E-state index contributed by atoms with van der Waals surface area (Å²) in [6.45, 7) is -0.737. The van der Waals surface area contributed by atoms with E-state index >= 15 is 0 Å². The van der Waals surface area contributed by atoms with Crippen molar-refractivity contribution in [3.05, 3.63) is 61.6 Å². The molecule has 0 radical (unpaired) electrons. The predicted octanol–water partition coefficient (Wildman–Crippen LogP) is 3.92. The highest BCUT2D eigenvalue weighted by Crippen LogP contribution is 2.37. The average Bonchev–Trinajstić information content (AvgIpc) is 2.62. The lowest BCUT2D eigenvalue weighted by atomic mass is 10.3. The van der Waals surface area contributed by atoms with Gasteiger partial charge in [0.25, 0.3) is 15.7 Å². The number of rotatable bonds is 6. The van der Waals surface area contributed by atoms with Gasteiger partial charge in [-0.25, -0.2) is 8.42 Å². The van der Waals surface area contributed by atoms with Gasteiger partial charge in [-0.15, -0.1) is 0 Å². The van der Waals surface area contributed by atoms with E-state index in [0.717, 1.165) is 25.3 Å². The zero-order valence-corrected chi connectivity index (χ0v) is 16.6. The Morgan fingerprint density at radius 3 is 2.37 bits per heavy atom. The van der Waals surface area contributed by atoms with Crippen molar-refractivity contribution in [2.24, 2.45) is 0 Å². The van der Waals surface area contributed by atoms with Gasteiger partial charge in [-0.3, -0.25) is 19.2 Å². The van der Waals surface area contributed by atoms with Crippen molar-refractivity contribution < 1.29 is 22.9 Å². The monoisotopic (exact) mass is 452 g/mol. The Hall–Kier alpha value is -2.07. The number of nitro benzene ring substituents is 1. The largest absolute Gasteiger partial charge is 0.468 e. The van der Waals surface area contributed by atoms with Crippen LogP contribution in [0.4, 0.5) is 11.4 Å². The Bertz CT molecular complexity index is 1010. The fourth-order valence-electron chi connectivity index (χ4n) is 2.07. The molecule has 0 aliphatic heterocycles. The van der Waals surface area contributed by atoms with E-state index < -0.39 is 38.0 Å². The van der Waals surface area contributed by atoms with E-state index in [1.54, 1.807) is 0 Å². The van der Waals surface area contributed by atoms with Crippen molar-refractivity contribution in [3.63, 3.8) is 0 Å². The van der Waals surface area contributed by atoms with Crippen molar-refractivity contribution in [1.29, 1.82) is 0 Å². The summed E-state index contributed by atoms with van der Waals surface area (Å²) in [6.07, 6.45) is 0. The first kappa shape index (κ1) is 21.2. The number of hydrogen-bond donors (Lipinski definition) is 0. The third kappa shape index (κ3) is 4.62. The topological polar surface area (TPSA) is 107 Å². The summed E-state index contributed by atoms with van der Waals surface area (Å²) in [5.41, 5.74) is -0.572. The van der Waals surface area contributed by atoms with Crippen LogP contribution >= 0.6 is 34.8 Å². The summed E-state index contributed by atoms with van der Waals surface area (Å²) in [4.78, 5) is 21.6. The van der Waals surface area contributed by atoms with Gasteiger partial charge in [0.2, 0.25) is 0 Å². The minimum absolute atomic E-state index is 0.000162. The molecule has 0 fully saturated rings. The van der Waals surface area contributed by atoms with Crippen molar-refractivity contribution in [2.45, 2.75) is 4.90 Å². The highest BCUT2D eigenvalue weighted by molar-refractivity contribution is 7.92. The van der Waals surface area contributed by atoms with Crippen LogP contribution in [0, 0.1) is 10.1 Å². The van der Waals surface area contributed by atoms with Crippen molar-refractivity contribution in [2.75, 3.05) is 18.0 Å². The molecule has 0 spiro atoms. The number of methoxy groups -OCH3 is 1. The lowest BCUT2D eigenvalue weighted by Crippen LogP contribution is -2.36. The Morgan fingerprint density at radius 2 is 1.78 bits per heavy atom. The third-order valence-electron chi connectivity index (χ3n) is 3.38. The lowest BCUT2D eigenvalue weighted by Gasteiger charge is -2.24. The Kier molecular flexibility index (Phi) is 6.53. The minimum Gasteiger partial charge on any atom is -0.468 e. The highest BCUT2D eigenvalue weighted by atomic mass is 35.5. The molecule has 0 amide bonds. The van der Waals surface area contributed by atoms with Gasteiger partial charge in [0.15, 0.2) is 0 Å². The van der Waals surface area contributed by atoms with Gasteiger partial charge in [0, 0.05) is 12.1 Å². The van der Waals surface area contributed by atoms with E-state index in [0.29, 0.717) is 4.31 Å². The number of nitro groups is 1. The molecule has 0 saturated carbocycles. The molecule has 0 N–H and O–H groups in total. The maximum Gasteiger partial charge on any atom is 0.326 e. The van der Waals surface area contributed by atoms with Gasteiger partial charge in [-0.1, -0.05) is 40.9 Å². The summed E-state index contributed by atoms with van der Waals surface area (Å²) >= 11 is 17.9. The second-order valence-corrected chi connectivity index (χ2v) is 8.14. The molecule has 12 heteroatoms. The molecule has 8 nitrogen and oxygen atoms in total. The molecule has 0 heterocycles. The third-order valence-corrected chi connectivity index (χ3v) is 6.16. The van der Waals surface area contributed by atoms with Crippen LogP contribution in [0.3, 0.4) is 0 Å². The number of esters is 1. The number of ether oxygens (including phenoxy) is 1. The van der Waals surface area contributed by atoms with Gasteiger partial charge in [0.1, 0.15) is 6.54 Å². The van der Waals surface area contributed by atoms with Crippen molar-refractivity contribution >= 4 is 62.2 Å². The molecule has 0 bridgehead atoms. The number of halogens is 3. The number of carbonyl (C=O) groups is 1. The number of carbonyl (C=O) groups excluding carboxylic acids is 1. The highest BCUT2D eigenvalue weighted by Gasteiger charge is 2.30. The molecular weight excluding hydrogens is 443 g/mol. The van der Waals surface area contributed by atoms with Crippen molar-refractivity contribution in [3.8, 4) is 0 Å². The van der Waals surface area contributed by atoms with Crippen LogP contribution in [-0.2, 0) is 19.6 Å².